The first-order chi connectivity index (χ1) is 14.8. The van der Waals surface area contributed by atoms with Gasteiger partial charge in [0.15, 0.2) is 6.61 Å². The van der Waals surface area contributed by atoms with Crippen LogP contribution in [0.3, 0.4) is 0 Å². The molecule has 0 N–H and O–H groups in total. The van der Waals surface area contributed by atoms with Crippen LogP contribution in [0.1, 0.15) is 23.6 Å². The molecule has 3 rings (SSSR count). The third-order valence-electron chi connectivity index (χ3n) is 4.71. The van der Waals surface area contributed by atoms with Gasteiger partial charge in [0, 0.05) is 13.1 Å². The molecule has 0 unspecified atom stereocenters. The Balaban J connectivity index is 1.47. The van der Waals surface area contributed by atoms with Crippen LogP contribution >= 0.6 is 0 Å². The second-order valence-corrected chi connectivity index (χ2v) is 6.95. The molecule has 0 bridgehead atoms. The van der Waals surface area contributed by atoms with Gasteiger partial charge in [0.1, 0.15) is 12.4 Å². The zero-order valence-electron chi connectivity index (χ0n) is 17.0. The van der Waals surface area contributed by atoms with E-state index in [1.807, 2.05) is 0 Å². The number of amides is 1. The van der Waals surface area contributed by atoms with Gasteiger partial charge >= 0.3 is 6.18 Å². The van der Waals surface area contributed by atoms with Crippen LogP contribution in [0.2, 0.25) is 0 Å². The zero-order valence-corrected chi connectivity index (χ0v) is 17.0. The fourth-order valence-electron chi connectivity index (χ4n) is 2.89. The molecule has 1 amide bonds. The minimum atomic E-state index is -4.36. The molecule has 1 fully saturated rings. The van der Waals surface area contributed by atoms with Gasteiger partial charge in [-0.1, -0.05) is 17.3 Å². The Labute approximate surface area is 178 Å². The second-order valence-electron chi connectivity index (χ2n) is 6.95. The van der Waals surface area contributed by atoms with Crippen LogP contribution < -0.4 is 4.74 Å². The summed E-state index contributed by atoms with van der Waals surface area (Å²) in [4.78, 5) is 19.1. The summed E-state index contributed by atoms with van der Waals surface area (Å²) in [6.45, 7) is 4.00. The van der Waals surface area contributed by atoms with Gasteiger partial charge in [-0.2, -0.15) is 13.2 Å². The molecule has 9 heteroatoms. The van der Waals surface area contributed by atoms with E-state index in [2.05, 4.69) is 5.16 Å². The van der Waals surface area contributed by atoms with Gasteiger partial charge in [-0.25, -0.2) is 0 Å². The number of ether oxygens (including phenoxy) is 2. The largest absolute Gasteiger partial charge is 0.484 e. The average molecular weight is 436 g/mol. The van der Waals surface area contributed by atoms with E-state index in [4.69, 9.17) is 14.3 Å². The molecule has 1 aliphatic heterocycles. The number of benzene rings is 2. The summed E-state index contributed by atoms with van der Waals surface area (Å²) in [5, 5.41) is 4.01. The first-order valence-electron chi connectivity index (χ1n) is 9.74. The third-order valence-corrected chi connectivity index (χ3v) is 4.71. The van der Waals surface area contributed by atoms with Crippen molar-refractivity contribution >= 4 is 11.6 Å². The molecule has 1 aliphatic rings. The van der Waals surface area contributed by atoms with Crippen LogP contribution in [0.15, 0.2) is 53.7 Å². The van der Waals surface area contributed by atoms with Crippen molar-refractivity contribution in [1.82, 2.24) is 4.90 Å². The first-order valence-corrected chi connectivity index (χ1v) is 9.74. The van der Waals surface area contributed by atoms with Gasteiger partial charge in [0.05, 0.1) is 24.5 Å². The Hall–Kier alpha value is -3.07. The lowest BCUT2D eigenvalue weighted by molar-refractivity contribution is -0.138. The van der Waals surface area contributed by atoms with Crippen molar-refractivity contribution in [2.24, 2.45) is 5.16 Å². The van der Waals surface area contributed by atoms with E-state index in [9.17, 15) is 18.0 Å². The lowest BCUT2D eigenvalue weighted by atomic mass is 10.1. The van der Waals surface area contributed by atoms with E-state index in [1.54, 1.807) is 36.1 Å². The Kier molecular flexibility index (Phi) is 7.51. The second kappa shape index (κ2) is 10.3. The number of oxime groups is 1. The number of rotatable bonds is 7. The summed E-state index contributed by atoms with van der Waals surface area (Å²) in [6, 6.07) is 11.8. The molecule has 0 aromatic heterocycles. The molecule has 31 heavy (non-hydrogen) atoms. The van der Waals surface area contributed by atoms with Crippen LogP contribution in [0.4, 0.5) is 13.2 Å². The maximum Gasteiger partial charge on any atom is 0.416 e. The molecule has 1 heterocycles. The predicted octanol–water partition coefficient (Wildman–Crippen LogP) is 3.88. The smallest absolute Gasteiger partial charge is 0.416 e. The van der Waals surface area contributed by atoms with Gasteiger partial charge in [0.2, 0.25) is 0 Å². The summed E-state index contributed by atoms with van der Waals surface area (Å²) in [5.74, 6) is 0.477. The van der Waals surface area contributed by atoms with E-state index in [-0.39, 0.29) is 19.1 Å². The monoisotopic (exact) mass is 436 g/mol. The van der Waals surface area contributed by atoms with Crippen molar-refractivity contribution in [3.05, 3.63) is 65.2 Å². The number of carbonyl (C=O) groups excluding carboxylic acids is 1. The molecule has 1 saturated heterocycles. The van der Waals surface area contributed by atoms with Gasteiger partial charge in [-0.3, -0.25) is 4.79 Å². The standard InChI is InChI=1S/C22H23F3N2O4/c1-16(26-31-14-17-2-6-19(7-3-17)22(23,24)25)18-4-8-20(9-5-18)30-15-21(28)27-10-12-29-13-11-27/h2-9H,10-15H2,1H3/b26-16+. The molecular weight excluding hydrogens is 413 g/mol. The summed E-state index contributed by atoms with van der Waals surface area (Å²) in [6.07, 6.45) is -4.36. The number of halogens is 3. The highest BCUT2D eigenvalue weighted by atomic mass is 19.4. The molecule has 0 radical (unpaired) electrons. The van der Waals surface area contributed by atoms with Crippen molar-refractivity contribution < 1.29 is 32.3 Å². The van der Waals surface area contributed by atoms with E-state index < -0.39 is 11.7 Å². The van der Waals surface area contributed by atoms with Gasteiger partial charge < -0.3 is 19.2 Å². The molecule has 6 nitrogen and oxygen atoms in total. The Morgan fingerprint density at radius 2 is 1.71 bits per heavy atom. The van der Waals surface area contributed by atoms with E-state index in [1.165, 1.54) is 12.1 Å². The highest BCUT2D eigenvalue weighted by Gasteiger charge is 2.29. The van der Waals surface area contributed by atoms with Crippen LogP contribution in [0.25, 0.3) is 0 Å². The lowest BCUT2D eigenvalue weighted by Gasteiger charge is -2.26. The molecule has 166 valence electrons. The van der Waals surface area contributed by atoms with Gasteiger partial charge in [-0.05, 0) is 54.4 Å². The summed E-state index contributed by atoms with van der Waals surface area (Å²) >= 11 is 0. The highest BCUT2D eigenvalue weighted by molar-refractivity contribution is 5.98. The SMILES string of the molecule is C/C(=N\OCc1ccc(C(F)(F)F)cc1)c1ccc(OCC(=O)N2CCOCC2)cc1. The molecule has 0 aliphatic carbocycles. The number of nitrogens with zero attached hydrogens (tertiary/aromatic N) is 2. The minimum Gasteiger partial charge on any atom is -0.484 e. The minimum absolute atomic E-state index is 0.0390. The van der Waals surface area contributed by atoms with E-state index >= 15 is 0 Å². The third kappa shape index (κ3) is 6.71. The Bertz CT molecular complexity index is 890. The maximum atomic E-state index is 12.6. The highest BCUT2D eigenvalue weighted by Crippen LogP contribution is 2.29. The zero-order chi connectivity index (χ0) is 22.3. The number of morpholine rings is 1. The Morgan fingerprint density at radius 1 is 1.06 bits per heavy atom. The molecule has 0 atom stereocenters. The van der Waals surface area contributed by atoms with E-state index in [0.29, 0.717) is 43.3 Å². The lowest BCUT2D eigenvalue weighted by Crippen LogP contribution is -2.42. The van der Waals surface area contributed by atoms with Crippen molar-refractivity contribution in [2.75, 3.05) is 32.9 Å². The maximum absolute atomic E-state index is 12.6. The fourth-order valence-corrected chi connectivity index (χ4v) is 2.89. The van der Waals surface area contributed by atoms with Crippen LogP contribution in [-0.2, 0) is 27.2 Å². The molecule has 2 aromatic rings. The number of hydrogen-bond acceptors (Lipinski definition) is 5. The summed E-state index contributed by atoms with van der Waals surface area (Å²) < 4.78 is 48.5. The van der Waals surface area contributed by atoms with Gasteiger partial charge in [0.25, 0.3) is 5.91 Å². The van der Waals surface area contributed by atoms with Crippen molar-refractivity contribution in [2.45, 2.75) is 19.7 Å². The normalized spacial score (nSPS) is 15.0. The number of carbonyl (C=O) groups is 1. The fraction of sp³-hybridized carbons (Fsp3) is 0.364. The molecule has 0 saturated carbocycles. The first kappa shape index (κ1) is 22.6. The molecule has 0 spiro atoms. The molecule has 2 aromatic carbocycles. The van der Waals surface area contributed by atoms with E-state index in [0.717, 1.165) is 17.7 Å². The average Bonchev–Trinajstić information content (AvgIpc) is 2.78. The Morgan fingerprint density at radius 3 is 2.32 bits per heavy atom. The predicted molar refractivity (Wildman–Crippen MR) is 108 cm³/mol. The quantitative estimate of drug-likeness (QED) is 0.488. The van der Waals surface area contributed by atoms with Gasteiger partial charge in [-0.15, -0.1) is 0 Å². The topological polar surface area (TPSA) is 60.4 Å². The van der Waals surface area contributed by atoms with Crippen molar-refractivity contribution in [3.8, 4) is 5.75 Å². The van der Waals surface area contributed by atoms with Crippen LogP contribution in [-0.4, -0.2) is 49.4 Å². The summed E-state index contributed by atoms with van der Waals surface area (Å²) in [7, 11) is 0. The number of hydrogen-bond donors (Lipinski definition) is 0. The van der Waals surface area contributed by atoms with Crippen LogP contribution in [0.5, 0.6) is 5.75 Å². The number of alkyl halides is 3. The van der Waals surface area contributed by atoms with Crippen LogP contribution in [0, 0.1) is 0 Å². The van der Waals surface area contributed by atoms with Crippen molar-refractivity contribution in [1.29, 1.82) is 0 Å². The van der Waals surface area contributed by atoms with Crippen molar-refractivity contribution in [3.63, 3.8) is 0 Å². The summed E-state index contributed by atoms with van der Waals surface area (Å²) in [5.41, 5.74) is 1.27. The molecular formula is C22H23F3N2O4.